The van der Waals surface area contributed by atoms with Gasteiger partial charge in [0.15, 0.2) is 0 Å². The predicted octanol–water partition coefficient (Wildman–Crippen LogP) is 2.44. The van der Waals surface area contributed by atoms with Gasteiger partial charge in [0.25, 0.3) is 0 Å². The van der Waals surface area contributed by atoms with Crippen molar-refractivity contribution in [1.29, 1.82) is 0 Å². The molecule has 2 aromatic rings. The quantitative estimate of drug-likeness (QED) is 0.911. The molecule has 1 aliphatic heterocycles. The molecule has 6 nitrogen and oxygen atoms in total. The molecular formula is C18H25N3O3. The summed E-state index contributed by atoms with van der Waals surface area (Å²) in [5, 5.41) is 3.99. The van der Waals surface area contributed by atoms with E-state index in [1.54, 1.807) is 18.5 Å². The van der Waals surface area contributed by atoms with Crippen LogP contribution in [0.5, 0.6) is 5.88 Å². The van der Waals surface area contributed by atoms with E-state index in [0.717, 1.165) is 36.9 Å². The molecule has 1 fully saturated rings. The number of aromatic nitrogens is 1. The first kappa shape index (κ1) is 16.8. The van der Waals surface area contributed by atoms with Gasteiger partial charge in [-0.05, 0) is 59.0 Å². The van der Waals surface area contributed by atoms with Crippen LogP contribution < -0.4 is 10.1 Å². The van der Waals surface area contributed by atoms with Gasteiger partial charge in [-0.2, -0.15) is 0 Å². The first-order chi connectivity index (χ1) is 11.5. The summed E-state index contributed by atoms with van der Waals surface area (Å²) in [5.41, 5.74) is 0.102. The van der Waals surface area contributed by atoms with Crippen molar-refractivity contribution in [1.82, 2.24) is 15.2 Å². The summed E-state index contributed by atoms with van der Waals surface area (Å²) in [6.07, 6.45) is 5.24. The number of hydrogen-bond donors (Lipinski definition) is 1. The van der Waals surface area contributed by atoms with Gasteiger partial charge in [-0.1, -0.05) is 0 Å². The van der Waals surface area contributed by atoms with E-state index in [1.165, 1.54) is 0 Å². The lowest BCUT2D eigenvalue weighted by Gasteiger charge is -2.32. The Kier molecular flexibility index (Phi) is 4.76. The number of ether oxygens (including phenoxy) is 1. The first-order valence-electron chi connectivity index (χ1n) is 8.40. The number of piperidine rings is 1. The molecule has 1 saturated heterocycles. The molecule has 0 spiro atoms. The molecule has 24 heavy (non-hydrogen) atoms. The van der Waals surface area contributed by atoms with Crippen LogP contribution in [0.1, 0.15) is 26.7 Å². The van der Waals surface area contributed by atoms with Crippen LogP contribution in [0.4, 0.5) is 0 Å². The summed E-state index contributed by atoms with van der Waals surface area (Å²) in [6, 6.07) is 3.87. The maximum Gasteiger partial charge on any atom is 0.229 e. The summed E-state index contributed by atoms with van der Waals surface area (Å²) in [7, 11) is 2.11. The third-order valence-electron chi connectivity index (χ3n) is 4.58. The molecule has 0 bridgehead atoms. The van der Waals surface area contributed by atoms with E-state index in [4.69, 9.17) is 9.15 Å². The van der Waals surface area contributed by atoms with Crippen LogP contribution in [0.3, 0.4) is 0 Å². The molecule has 3 rings (SSSR count). The van der Waals surface area contributed by atoms with Crippen molar-refractivity contribution < 1.29 is 13.9 Å². The van der Waals surface area contributed by atoms with E-state index >= 15 is 0 Å². The van der Waals surface area contributed by atoms with Crippen LogP contribution >= 0.6 is 0 Å². The van der Waals surface area contributed by atoms with Gasteiger partial charge in [-0.3, -0.25) is 4.79 Å². The Balaban J connectivity index is 1.59. The normalized spacial score (nSPS) is 17.1. The number of rotatable bonds is 5. The maximum atomic E-state index is 12.6. The Morgan fingerprint density at radius 2 is 2.17 bits per heavy atom. The molecule has 0 aromatic carbocycles. The minimum absolute atomic E-state index is 0.0245. The highest BCUT2D eigenvalue weighted by Crippen LogP contribution is 2.26. The molecule has 2 aromatic heterocycles. The highest BCUT2D eigenvalue weighted by molar-refractivity contribution is 5.83. The van der Waals surface area contributed by atoms with E-state index in [9.17, 15) is 4.79 Å². The van der Waals surface area contributed by atoms with Crippen molar-refractivity contribution in [3.8, 4) is 5.88 Å². The fraction of sp³-hybridized carbons (Fsp3) is 0.556. The summed E-state index contributed by atoms with van der Waals surface area (Å²) >= 11 is 0. The van der Waals surface area contributed by atoms with E-state index in [2.05, 4.69) is 22.2 Å². The fourth-order valence-corrected chi connectivity index (χ4v) is 2.83. The average Bonchev–Trinajstić information content (AvgIpc) is 3.04. The van der Waals surface area contributed by atoms with Crippen LogP contribution in [0.15, 0.2) is 29.0 Å². The molecule has 0 aliphatic carbocycles. The van der Waals surface area contributed by atoms with Gasteiger partial charge < -0.3 is 19.4 Å². The Hall–Kier alpha value is -2.08. The predicted molar refractivity (Wildman–Crippen MR) is 91.9 cm³/mol. The van der Waals surface area contributed by atoms with E-state index < -0.39 is 5.41 Å². The van der Waals surface area contributed by atoms with Crippen molar-refractivity contribution in [3.05, 3.63) is 24.6 Å². The molecule has 0 saturated carbocycles. The standard InChI is InChI=1S/C18H25N3O3/c1-18(2,17(22)20-13-5-9-21(3)10-6-13)12-24-16-14-7-11-23-15(14)4-8-19-16/h4,7-8,11,13H,5-6,9-10,12H2,1-3H3,(H,20,22). The van der Waals surface area contributed by atoms with Crippen LogP contribution in [0.25, 0.3) is 11.0 Å². The van der Waals surface area contributed by atoms with Crippen LogP contribution in [0, 0.1) is 5.41 Å². The van der Waals surface area contributed by atoms with Gasteiger partial charge in [0.2, 0.25) is 11.8 Å². The zero-order valence-corrected chi connectivity index (χ0v) is 14.5. The zero-order valence-electron chi connectivity index (χ0n) is 14.5. The Bertz CT molecular complexity index is 702. The summed E-state index contributed by atoms with van der Waals surface area (Å²) < 4.78 is 11.2. The van der Waals surface area contributed by atoms with Gasteiger partial charge >= 0.3 is 0 Å². The maximum absolute atomic E-state index is 12.6. The smallest absolute Gasteiger partial charge is 0.229 e. The topological polar surface area (TPSA) is 67.6 Å². The minimum atomic E-state index is -0.628. The number of amides is 1. The molecular weight excluding hydrogens is 306 g/mol. The van der Waals surface area contributed by atoms with Gasteiger partial charge in [-0.15, -0.1) is 0 Å². The number of nitrogens with one attached hydrogen (secondary N) is 1. The van der Waals surface area contributed by atoms with E-state index in [1.807, 2.05) is 19.9 Å². The van der Waals surface area contributed by atoms with Crippen LogP contribution in [-0.4, -0.2) is 48.6 Å². The fourth-order valence-electron chi connectivity index (χ4n) is 2.83. The number of hydrogen-bond acceptors (Lipinski definition) is 5. The molecule has 1 N–H and O–H groups in total. The number of nitrogens with zero attached hydrogens (tertiary/aromatic N) is 2. The SMILES string of the molecule is CN1CCC(NC(=O)C(C)(C)COc2nccc3occc23)CC1. The zero-order chi connectivity index (χ0) is 17.2. The highest BCUT2D eigenvalue weighted by atomic mass is 16.5. The number of carbonyl (C=O) groups is 1. The van der Waals surface area contributed by atoms with Gasteiger partial charge in [0.1, 0.15) is 12.2 Å². The van der Waals surface area contributed by atoms with Gasteiger partial charge in [0, 0.05) is 12.2 Å². The Morgan fingerprint density at radius 3 is 2.92 bits per heavy atom. The molecule has 6 heteroatoms. The summed E-state index contributed by atoms with van der Waals surface area (Å²) in [6.45, 7) is 6.10. The number of likely N-dealkylation sites (tertiary alicyclic amines) is 1. The highest BCUT2D eigenvalue weighted by Gasteiger charge is 2.31. The molecule has 1 amide bonds. The van der Waals surface area contributed by atoms with Crippen LogP contribution in [0.2, 0.25) is 0 Å². The lowest BCUT2D eigenvalue weighted by atomic mass is 9.92. The third-order valence-corrected chi connectivity index (χ3v) is 4.58. The van der Waals surface area contributed by atoms with E-state index in [0.29, 0.717) is 5.88 Å². The lowest BCUT2D eigenvalue weighted by molar-refractivity contribution is -0.131. The largest absolute Gasteiger partial charge is 0.476 e. The van der Waals surface area contributed by atoms with Gasteiger partial charge in [0.05, 0.1) is 17.1 Å². The summed E-state index contributed by atoms with van der Waals surface area (Å²) in [5.74, 6) is 0.526. The van der Waals surface area contributed by atoms with Crippen molar-refractivity contribution in [3.63, 3.8) is 0 Å². The molecule has 0 atom stereocenters. The number of carbonyl (C=O) groups excluding carboxylic acids is 1. The second-order valence-corrected chi connectivity index (χ2v) is 7.17. The van der Waals surface area contributed by atoms with Crippen molar-refractivity contribution in [2.24, 2.45) is 5.41 Å². The van der Waals surface area contributed by atoms with Crippen molar-refractivity contribution in [2.75, 3.05) is 26.7 Å². The second-order valence-electron chi connectivity index (χ2n) is 7.17. The monoisotopic (exact) mass is 331 g/mol. The number of fused-ring (bicyclic) bond motifs is 1. The van der Waals surface area contributed by atoms with Crippen molar-refractivity contribution >= 4 is 16.9 Å². The van der Waals surface area contributed by atoms with Gasteiger partial charge in [-0.25, -0.2) is 4.98 Å². The van der Waals surface area contributed by atoms with E-state index in [-0.39, 0.29) is 18.6 Å². The molecule has 130 valence electrons. The summed E-state index contributed by atoms with van der Waals surface area (Å²) in [4.78, 5) is 19.1. The Labute approximate surface area is 142 Å². The average molecular weight is 331 g/mol. The minimum Gasteiger partial charge on any atom is -0.476 e. The lowest BCUT2D eigenvalue weighted by Crippen LogP contribution is -2.49. The first-order valence-corrected chi connectivity index (χ1v) is 8.40. The molecule has 3 heterocycles. The molecule has 0 radical (unpaired) electrons. The third kappa shape index (κ3) is 3.70. The number of furan rings is 1. The number of pyridine rings is 1. The Morgan fingerprint density at radius 1 is 1.42 bits per heavy atom. The molecule has 1 aliphatic rings. The van der Waals surface area contributed by atoms with Crippen LogP contribution in [-0.2, 0) is 4.79 Å². The second kappa shape index (κ2) is 6.81. The van der Waals surface area contributed by atoms with Crippen molar-refractivity contribution in [2.45, 2.75) is 32.7 Å². The molecule has 0 unspecified atom stereocenters.